The monoisotopic (exact) mass is 270 g/mol. The van der Waals surface area contributed by atoms with E-state index in [2.05, 4.69) is 20.1 Å². The third-order valence-electron chi connectivity index (χ3n) is 2.56. The largest absolute Gasteiger partial charge is 0.317 e. The molecule has 4 nitrogen and oxygen atoms in total. The second-order valence-electron chi connectivity index (χ2n) is 3.63. The fraction of sp³-hybridized carbons (Fsp3) is 0.867. The number of hydrogen-bond donors (Lipinski definition) is 1. The van der Waals surface area contributed by atoms with E-state index in [9.17, 15) is 0 Å². The van der Waals surface area contributed by atoms with E-state index in [1.165, 1.54) is 12.8 Å². The molecule has 1 aromatic heterocycles. The zero-order valence-corrected chi connectivity index (χ0v) is 14.2. The molecule has 0 radical (unpaired) electrons. The van der Waals surface area contributed by atoms with Crippen LogP contribution in [0, 0.1) is 13.8 Å². The van der Waals surface area contributed by atoms with Crippen molar-refractivity contribution >= 4 is 0 Å². The first kappa shape index (κ1) is 20.4. The molecule has 1 N–H and O–H groups in total. The smallest absolute Gasteiger partial charge is 0.147 e. The molecule has 19 heavy (non-hydrogen) atoms. The van der Waals surface area contributed by atoms with Gasteiger partial charge in [0.05, 0.1) is 6.04 Å². The van der Waals surface area contributed by atoms with E-state index in [1.807, 2.05) is 55.4 Å². The van der Waals surface area contributed by atoms with Gasteiger partial charge in [-0.3, -0.25) is 0 Å². The van der Waals surface area contributed by atoms with Gasteiger partial charge < -0.3 is 5.32 Å². The molecule has 0 amide bonds. The fourth-order valence-electron chi connectivity index (χ4n) is 1.93. The van der Waals surface area contributed by atoms with Crippen LogP contribution in [0.5, 0.6) is 0 Å². The van der Waals surface area contributed by atoms with Gasteiger partial charge >= 0.3 is 0 Å². The van der Waals surface area contributed by atoms with Crippen molar-refractivity contribution in [2.75, 3.05) is 13.1 Å². The molecule has 1 saturated heterocycles. The van der Waals surface area contributed by atoms with Crippen LogP contribution in [0.2, 0.25) is 0 Å². The Hall–Kier alpha value is -0.900. The fourth-order valence-corrected chi connectivity index (χ4v) is 1.93. The summed E-state index contributed by atoms with van der Waals surface area (Å²) in [5.74, 6) is 1.93. The molecule has 0 aromatic carbocycles. The Labute approximate surface area is 120 Å². The third-order valence-corrected chi connectivity index (χ3v) is 2.56. The molecule has 0 aliphatic carbocycles. The number of aryl methyl sites for hydroxylation is 2. The topological polar surface area (TPSA) is 42.7 Å². The lowest BCUT2D eigenvalue weighted by Gasteiger charge is -2.23. The quantitative estimate of drug-likeness (QED) is 0.841. The van der Waals surface area contributed by atoms with E-state index in [0.717, 1.165) is 24.7 Å². The lowest BCUT2D eigenvalue weighted by molar-refractivity contribution is 0.336. The minimum absolute atomic E-state index is 0.558. The maximum Gasteiger partial charge on any atom is 0.147 e. The zero-order valence-electron chi connectivity index (χ0n) is 14.2. The van der Waals surface area contributed by atoms with Crippen LogP contribution < -0.4 is 5.32 Å². The molecular formula is C15H34N4. The summed E-state index contributed by atoms with van der Waals surface area (Å²) in [6, 6.07) is 0.558. The van der Waals surface area contributed by atoms with Gasteiger partial charge in [0.25, 0.3) is 0 Å². The molecule has 1 aliphatic rings. The summed E-state index contributed by atoms with van der Waals surface area (Å²) in [5, 5.41) is 7.76. The van der Waals surface area contributed by atoms with Gasteiger partial charge in [-0.1, -0.05) is 41.5 Å². The highest BCUT2D eigenvalue weighted by Gasteiger charge is 2.17. The molecule has 0 unspecified atom stereocenters. The predicted molar refractivity (Wildman–Crippen MR) is 84.7 cm³/mol. The normalized spacial score (nSPS) is 14.1. The van der Waals surface area contributed by atoms with Gasteiger partial charge in [0, 0.05) is 0 Å². The highest BCUT2D eigenvalue weighted by Crippen LogP contribution is 2.18. The first-order valence-corrected chi connectivity index (χ1v) is 7.88. The van der Waals surface area contributed by atoms with Gasteiger partial charge in [-0.2, -0.15) is 5.10 Å². The van der Waals surface area contributed by atoms with E-state index in [4.69, 9.17) is 0 Å². The number of nitrogens with zero attached hydrogens (tertiary/aromatic N) is 3. The highest BCUT2D eigenvalue weighted by atomic mass is 15.4. The minimum atomic E-state index is 0.558. The lowest BCUT2D eigenvalue weighted by atomic mass is 10.1. The summed E-state index contributed by atoms with van der Waals surface area (Å²) in [6.45, 7) is 18.2. The maximum atomic E-state index is 4.41. The van der Waals surface area contributed by atoms with Crippen molar-refractivity contribution in [1.82, 2.24) is 20.1 Å². The average molecular weight is 270 g/mol. The Morgan fingerprint density at radius 3 is 1.79 bits per heavy atom. The molecule has 114 valence electrons. The molecule has 1 aliphatic heterocycles. The lowest BCUT2D eigenvalue weighted by Crippen LogP contribution is -2.30. The molecule has 1 aromatic rings. The standard InChI is InChI=1S/C9H16N4.3C2H6/c1-7-11-8(2)13(12-7)9-3-5-10-6-4-9;3*1-2/h9-10H,3-6H2,1-2H3;3*1-2H3. The second-order valence-corrected chi connectivity index (χ2v) is 3.63. The number of hydrogen-bond acceptors (Lipinski definition) is 3. The van der Waals surface area contributed by atoms with Crippen LogP contribution in [0.25, 0.3) is 0 Å². The van der Waals surface area contributed by atoms with Crippen LogP contribution in [0.1, 0.15) is 72.1 Å². The predicted octanol–water partition coefficient (Wildman–Crippen LogP) is 3.90. The maximum absolute atomic E-state index is 4.41. The van der Waals surface area contributed by atoms with Crippen LogP contribution in [-0.2, 0) is 0 Å². The Balaban J connectivity index is 0. The van der Waals surface area contributed by atoms with E-state index in [-0.39, 0.29) is 0 Å². The molecule has 0 saturated carbocycles. The van der Waals surface area contributed by atoms with Crippen LogP contribution in [0.4, 0.5) is 0 Å². The Bertz CT molecular complexity index is 288. The Morgan fingerprint density at radius 2 is 1.42 bits per heavy atom. The molecule has 0 atom stereocenters. The SMILES string of the molecule is CC.CC.CC.Cc1nc(C)n(C2CCNCC2)n1. The van der Waals surface area contributed by atoms with Gasteiger partial charge in [-0.15, -0.1) is 0 Å². The summed E-state index contributed by atoms with van der Waals surface area (Å²) < 4.78 is 2.08. The summed E-state index contributed by atoms with van der Waals surface area (Å²) >= 11 is 0. The molecule has 1 fully saturated rings. The van der Waals surface area contributed by atoms with Crippen LogP contribution >= 0.6 is 0 Å². The summed E-state index contributed by atoms with van der Waals surface area (Å²) in [7, 11) is 0. The first-order chi connectivity index (χ1) is 9.27. The second kappa shape index (κ2) is 13.5. The van der Waals surface area contributed by atoms with E-state index < -0.39 is 0 Å². The molecule has 2 rings (SSSR count). The molecular weight excluding hydrogens is 236 g/mol. The molecule has 2 heterocycles. The summed E-state index contributed by atoms with van der Waals surface area (Å²) in [6.07, 6.45) is 2.34. The highest BCUT2D eigenvalue weighted by molar-refractivity contribution is 4.91. The summed E-state index contributed by atoms with van der Waals surface area (Å²) in [5.41, 5.74) is 0. The molecule has 4 heteroatoms. The van der Waals surface area contributed by atoms with Crippen LogP contribution in [0.15, 0.2) is 0 Å². The number of rotatable bonds is 1. The molecule has 0 spiro atoms. The van der Waals surface area contributed by atoms with Gasteiger partial charge in [0.15, 0.2) is 0 Å². The zero-order chi connectivity index (χ0) is 15.3. The van der Waals surface area contributed by atoms with Crippen molar-refractivity contribution in [3.8, 4) is 0 Å². The van der Waals surface area contributed by atoms with Gasteiger partial charge in [0.2, 0.25) is 0 Å². The minimum Gasteiger partial charge on any atom is -0.317 e. The Kier molecular flexibility index (Phi) is 14.5. The summed E-state index contributed by atoms with van der Waals surface area (Å²) in [4.78, 5) is 4.32. The first-order valence-electron chi connectivity index (χ1n) is 7.88. The van der Waals surface area contributed by atoms with Crippen molar-refractivity contribution in [2.24, 2.45) is 0 Å². The van der Waals surface area contributed by atoms with Crippen molar-refractivity contribution < 1.29 is 0 Å². The van der Waals surface area contributed by atoms with E-state index >= 15 is 0 Å². The number of piperidine rings is 1. The van der Waals surface area contributed by atoms with E-state index in [1.54, 1.807) is 0 Å². The van der Waals surface area contributed by atoms with Crippen molar-refractivity contribution in [3.05, 3.63) is 11.6 Å². The van der Waals surface area contributed by atoms with Gasteiger partial charge in [-0.25, -0.2) is 9.67 Å². The van der Waals surface area contributed by atoms with E-state index in [0.29, 0.717) is 6.04 Å². The Morgan fingerprint density at radius 1 is 0.947 bits per heavy atom. The van der Waals surface area contributed by atoms with Crippen molar-refractivity contribution in [3.63, 3.8) is 0 Å². The van der Waals surface area contributed by atoms with Crippen molar-refractivity contribution in [1.29, 1.82) is 0 Å². The third kappa shape index (κ3) is 7.31. The van der Waals surface area contributed by atoms with Crippen molar-refractivity contribution in [2.45, 2.75) is 74.3 Å². The number of aromatic nitrogens is 3. The number of nitrogens with one attached hydrogen (secondary N) is 1. The average Bonchev–Trinajstić information content (AvgIpc) is 2.85. The molecule has 0 bridgehead atoms. The van der Waals surface area contributed by atoms with Gasteiger partial charge in [0.1, 0.15) is 11.6 Å². The van der Waals surface area contributed by atoms with Crippen LogP contribution in [-0.4, -0.2) is 27.9 Å². The van der Waals surface area contributed by atoms with Gasteiger partial charge in [-0.05, 0) is 39.8 Å². The van der Waals surface area contributed by atoms with Crippen LogP contribution in [0.3, 0.4) is 0 Å².